The van der Waals surface area contributed by atoms with Crippen molar-refractivity contribution in [2.45, 2.75) is 0 Å². The highest BCUT2D eigenvalue weighted by molar-refractivity contribution is 6.30. The number of hydrazone groups is 1. The Morgan fingerprint density at radius 3 is 2.26 bits per heavy atom. The Hall–Kier alpha value is -4.36. The number of rotatable bonds is 7. The molecule has 0 saturated heterocycles. The van der Waals surface area contributed by atoms with E-state index >= 15 is 0 Å². The molecule has 4 aromatic carbocycles. The van der Waals surface area contributed by atoms with Crippen LogP contribution in [0, 0.1) is 0 Å². The summed E-state index contributed by atoms with van der Waals surface area (Å²) in [6.45, 7) is 0. The molecule has 8 heteroatoms. The molecule has 4 aromatic rings. The predicted molar refractivity (Wildman–Crippen MR) is 135 cm³/mol. The molecule has 0 fully saturated rings. The molecule has 0 aliphatic rings. The molecule has 1 amide bonds. The van der Waals surface area contributed by atoms with Gasteiger partial charge < -0.3 is 14.2 Å². The Labute approximate surface area is 206 Å². The van der Waals surface area contributed by atoms with Gasteiger partial charge in [0.05, 0.1) is 26.0 Å². The van der Waals surface area contributed by atoms with Crippen LogP contribution in [0.25, 0.3) is 10.8 Å². The predicted octanol–water partition coefficient (Wildman–Crippen LogP) is 5.49. The molecule has 35 heavy (non-hydrogen) atoms. The highest BCUT2D eigenvalue weighted by Crippen LogP contribution is 2.29. The number of nitrogens with zero attached hydrogens (tertiary/aromatic N) is 1. The minimum absolute atomic E-state index is 0.299. The van der Waals surface area contributed by atoms with Crippen LogP contribution in [0.5, 0.6) is 17.2 Å². The summed E-state index contributed by atoms with van der Waals surface area (Å²) in [7, 11) is 3.01. The number of fused-ring (bicyclic) bond motifs is 1. The molecule has 0 spiro atoms. The van der Waals surface area contributed by atoms with E-state index in [1.54, 1.807) is 48.5 Å². The maximum atomic E-state index is 12.7. The topological polar surface area (TPSA) is 86.2 Å². The summed E-state index contributed by atoms with van der Waals surface area (Å²) in [6, 6.07) is 22.3. The normalized spacial score (nSPS) is 10.8. The van der Waals surface area contributed by atoms with Gasteiger partial charge in [-0.1, -0.05) is 41.9 Å². The zero-order valence-electron chi connectivity index (χ0n) is 18.9. The van der Waals surface area contributed by atoms with Crippen LogP contribution in [0.4, 0.5) is 0 Å². The zero-order chi connectivity index (χ0) is 24.8. The number of halogens is 1. The van der Waals surface area contributed by atoms with Crippen molar-refractivity contribution < 1.29 is 23.8 Å². The SMILES string of the molecule is COc1ccc(C(=O)N/N=C\c2c(OC(=O)c3ccc(Cl)cc3)ccc3ccccc23)cc1OC. The van der Waals surface area contributed by atoms with E-state index in [9.17, 15) is 9.59 Å². The van der Waals surface area contributed by atoms with Crippen molar-refractivity contribution >= 4 is 40.5 Å². The minimum Gasteiger partial charge on any atom is -0.493 e. The van der Waals surface area contributed by atoms with E-state index in [1.165, 1.54) is 20.4 Å². The zero-order valence-corrected chi connectivity index (χ0v) is 19.7. The second-order valence-electron chi connectivity index (χ2n) is 7.36. The summed E-state index contributed by atoms with van der Waals surface area (Å²) < 4.78 is 16.1. The number of hydrogen-bond acceptors (Lipinski definition) is 6. The van der Waals surface area contributed by atoms with Crippen molar-refractivity contribution in [3.63, 3.8) is 0 Å². The molecular formula is C27H21ClN2O5. The van der Waals surface area contributed by atoms with Crippen LogP contribution in [0.15, 0.2) is 84.0 Å². The summed E-state index contributed by atoms with van der Waals surface area (Å²) in [5.74, 6) is 0.251. The molecule has 7 nitrogen and oxygen atoms in total. The first-order chi connectivity index (χ1) is 17.0. The summed E-state index contributed by atoms with van der Waals surface area (Å²) >= 11 is 5.91. The number of carbonyl (C=O) groups excluding carboxylic acids is 2. The number of amides is 1. The van der Waals surface area contributed by atoms with E-state index in [2.05, 4.69) is 10.5 Å². The quantitative estimate of drug-likeness (QED) is 0.161. The van der Waals surface area contributed by atoms with Crippen LogP contribution in [-0.4, -0.2) is 32.3 Å². The third-order valence-corrected chi connectivity index (χ3v) is 5.47. The molecule has 176 valence electrons. The van der Waals surface area contributed by atoms with Gasteiger partial charge in [0.1, 0.15) is 5.75 Å². The first-order valence-electron chi connectivity index (χ1n) is 10.5. The van der Waals surface area contributed by atoms with Gasteiger partial charge in [0.15, 0.2) is 11.5 Å². The highest BCUT2D eigenvalue weighted by Gasteiger charge is 2.14. The summed E-state index contributed by atoms with van der Waals surface area (Å²) in [6.07, 6.45) is 1.45. The first-order valence-corrected chi connectivity index (χ1v) is 10.9. The molecule has 0 atom stereocenters. The van der Waals surface area contributed by atoms with Crippen LogP contribution in [0.1, 0.15) is 26.3 Å². The number of methoxy groups -OCH3 is 2. The molecule has 0 bridgehead atoms. The maximum Gasteiger partial charge on any atom is 0.343 e. The fourth-order valence-corrected chi connectivity index (χ4v) is 3.57. The van der Waals surface area contributed by atoms with Gasteiger partial charge in [-0.05, 0) is 59.3 Å². The van der Waals surface area contributed by atoms with E-state index in [1.807, 2.05) is 30.3 Å². The third kappa shape index (κ3) is 5.42. The van der Waals surface area contributed by atoms with Gasteiger partial charge in [-0.25, -0.2) is 10.2 Å². The number of carbonyl (C=O) groups is 2. The largest absolute Gasteiger partial charge is 0.493 e. The Morgan fingerprint density at radius 1 is 0.829 bits per heavy atom. The summed E-state index contributed by atoms with van der Waals surface area (Å²) in [5.41, 5.74) is 3.73. The Kier molecular flexibility index (Phi) is 7.28. The minimum atomic E-state index is -0.541. The Balaban J connectivity index is 1.60. The molecule has 0 aromatic heterocycles. The average Bonchev–Trinajstić information content (AvgIpc) is 2.89. The molecule has 4 rings (SSSR count). The van der Waals surface area contributed by atoms with Gasteiger partial charge in [-0.2, -0.15) is 5.10 Å². The molecule has 0 saturated carbocycles. The van der Waals surface area contributed by atoms with Crippen LogP contribution in [0.2, 0.25) is 5.02 Å². The second kappa shape index (κ2) is 10.7. The van der Waals surface area contributed by atoms with Gasteiger partial charge in [-0.3, -0.25) is 4.79 Å². The summed E-state index contributed by atoms with van der Waals surface area (Å²) in [4.78, 5) is 25.3. The van der Waals surface area contributed by atoms with Gasteiger partial charge in [0.25, 0.3) is 5.91 Å². The summed E-state index contributed by atoms with van der Waals surface area (Å²) in [5, 5.41) is 6.36. The number of ether oxygens (including phenoxy) is 3. The Morgan fingerprint density at radius 2 is 1.51 bits per heavy atom. The van der Waals surface area contributed by atoms with Crippen molar-refractivity contribution in [2.75, 3.05) is 14.2 Å². The maximum absolute atomic E-state index is 12.7. The third-order valence-electron chi connectivity index (χ3n) is 5.22. The average molecular weight is 489 g/mol. The number of benzene rings is 4. The van der Waals surface area contributed by atoms with Crippen molar-refractivity contribution in [3.8, 4) is 17.2 Å². The van der Waals surface area contributed by atoms with Crippen molar-refractivity contribution in [1.82, 2.24) is 5.43 Å². The van der Waals surface area contributed by atoms with Crippen LogP contribution in [0.3, 0.4) is 0 Å². The number of nitrogens with one attached hydrogen (secondary N) is 1. The molecule has 0 heterocycles. The van der Waals surface area contributed by atoms with Crippen LogP contribution < -0.4 is 19.6 Å². The van der Waals surface area contributed by atoms with E-state index < -0.39 is 11.9 Å². The fraction of sp³-hybridized carbons (Fsp3) is 0.0741. The number of esters is 1. The van der Waals surface area contributed by atoms with Crippen LogP contribution >= 0.6 is 11.6 Å². The van der Waals surface area contributed by atoms with E-state index in [0.717, 1.165) is 10.8 Å². The smallest absolute Gasteiger partial charge is 0.343 e. The van der Waals surface area contributed by atoms with Crippen molar-refractivity contribution in [3.05, 3.63) is 101 Å². The second-order valence-corrected chi connectivity index (χ2v) is 7.80. The lowest BCUT2D eigenvalue weighted by Gasteiger charge is -2.11. The molecular weight excluding hydrogens is 468 g/mol. The van der Waals surface area contributed by atoms with Crippen molar-refractivity contribution in [2.24, 2.45) is 5.10 Å². The van der Waals surface area contributed by atoms with Gasteiger partial charge in [0.2, 0.25) is 0 Å². The van der Waals surface area contributed by atoms with E-state index in [0.29, 0.717) is 39.0 Å². The molecule has 0 radical (unpaired) electrons. The first kappa shape index (κ1) is 23.8. The van der Waals surface area contributed by atoms with E-state index in [-0.39, 0.29) is 0 Å². The molecule has 0 unspecified atom stereocenters. The van der Waals surface area contributed by atoms with Gasteiger partial charge >= 0.3 is 5.97 Å². The fourth-order valence-electron chi connectivity index (χ4n) is 3.44. The van der Waals surface area contributed by atoms with Gasteiger partial charge in [0, 0.05) is 16.1 Å². The van der Waals surface area contributed by atoms with Gasteiger partial charge in [-0.15, -0.1) is 0 Å². The lowest BCUT2D eigenvalue weighted by atomic mass is 10.0. The molecule has 1 N–H and O–H groups in total. The monoisotopic (exact) mass is 488 g/mol. The van der Waals surface area contributed by atoms with E-state index in [4.69, 9.17) is 25.8 Å². The standard InChI is InChI=1S/C27H21ClN2O5/c1-33-24-14-10-19(15-25(24)34-2)26(31)30-29-16-22-21-6-4-3-5-17(21)9-13-23(22)35-27(32)18-7-11-20(28)12-8-18/h3-16H,1-2H3,(H,30,31)/b29-16-. The molecule has 0 aliphatic heterocycles. The number of hydrogen-bond donors (Lipinski definition) is 1. The molecule has 0 aliphatic carbocycles. The highest BCUT2D eigenvalue weighted by atomic mass is 35.5. The lowest BCUT2D eigenvalue weighted by molar-refractivity contribution is 0.0734. The lowest BCUT2D eigenvalue weighted by Crippen LogP contribution is -2.18. The van der Waals surface area contributed by atoms with Crippen molar-refractivity contribution in [1.29, 1.82) is 0 Å². The Bertz CT molecular complexity index is 1420. The van der Waals surface area contributed by atoms with Crippen LogP contribution in [-0.2, 0) is 0 Å².